The lowest BCUT2D eigenvalue weighted by molar-refractivity contribution is 0.547. The Labute approximate surface area is 137 Å². The summed E-state index contributed by atoms with van der Waals surface area (Å²) in [4.78, 5) is 0. The van der Waals surface area contributed by atoms with E-state index in [0.29, 0.717) is 6.04 Å². The van der Waals surface area contributed by atoms with Crippen molar-refractivity contribution in [1.82, 2.24) is 5.32 Å². The third-order valence-electron chi connectivity index (χ3n) is 3.25. The summed E-state index contributed by atoms with van der Waals surface area (Å²) < 4.78 is 2.45. The molecule has 1 N–H and O–H groups in total. The molecular weight excluding hydrogens is 413 g/mol. The van der Waals surface area contributed by atoms with Crippen LogP contribution in [0.3, 0.4) is 0 Å². The van der Waals surface area contributed by atoms with Crippen molar-refractivity contribution in [2.45, 2.75) is 18.9 Å². The minimum absolute atomic E-state index is 0.393. The van der Waals surface area contributed by atoms with E-state index in [2.05, 4.69) is 92.4 Å². The van der Waals surface area contributed by atoms with Gasteiger partial charge in [-0.2, -0.15) is 0 Å². The number of nitrogens with one attached hydrogen (secondary N) is 1. The lowest BCUT2D eigenvalue weighted by Crippen LogP contribution is -2.18. The van der Waals surface area contributed by atoms with Gasteiger partial charge in [-0.15, -0.1) is 0 Å². The standard InChI is InChI=1S/C16H17BrIN/c1-19-16(10-7-12-5-3-2-4-6-12)14-11-13(17)8-9-15(14)18/h2-6,8-9,11,16,19H,7,10H2,1H3. The maximum absolute atomic E-state index is 3.56. The normalized spacial score (nSPS) is 12.4. The molecule has 3 heteroatoms. The molecule has 0 saturated carbocycles. The fourth-order valence-corrected chi connectivity index (χ4v) is 3.28. The number of hydrogen-bond acceptors (Lipinski definition) is 1. The Morgan fingerprint density at radius 1 is 1.16 bits per heavy atom. The molecule has 0 saturated heterocycles. The van der Waals surface area contributed by atoms with E-state index >= 15 is 0 Å². The minimum Gasteiger partial charge on any atom is -0.313 e. The van der Waals surface area contributed by atoms with Crippen LogP contribution >= 0.6 is 38.5 Å². The zero-order valence-corrected chi connectivity index (χ0v) is 14.6. The van der Waals surface area contributed by atoms with Crippen molar-refractivity contribution in [2.75, 3.05) is 7.05 Å². The Hall–Kier alpha value is -0.390. The van der Waals surface area contributed by atoms with Gasteiger partial charge in [-0.1, -0.05) is 46.3 Å². The Kier molecular flexibility index (Phi) is 5.85. The SMILES string of the molecule is CNC(CCc1ccccc1)c1cc(Br)ccc1I. The van der Waals surface area contributed by atoms with Crippen LogP contribution in [0.25, 0.3) is 0 Å². The molecule has 1 nitrogen and oxygen atoms in total. The molecule has 2 aromatic carbocycles. The highest BCUT2D eigenvalue weighted by molar-refractivity contribution is 14.1. The summed E-state index contributed by atoms with van der Waals surface area (Å²) in [6.45, 7) is 0. The molecule has 0 bridgehead atoms. The molecular formula is C16H17BrIN. The lowest BCUT2D eigenvalue weighted by atomic mass is 9.99. The molecule has 0 spiro atoms. The largest absolute Gasteiger partial charge is 0.313 e. The van der Waals surface area contributed by atoms with Crippen molar-refractivity contribution in [3.8, 4) is 0 Å². The number of benzene rings is 2. The monoisotopic (exact) mass is 429 g/mol. The Bertz CT molecular complexity index is 528. The number of rotatable bonds is 5. The van der Waals surface area contributed by atoms with E-state index in [1.54, 1.807) is 0 Å². The van der Waals surface area contributed by atoms with Gasteiger partial charge in [0.25, 0.3) is 0 Å². The van der Waals surface area contributed by atoms with Crippen LogP contribution in [0, 0.1) is 3.57 Å². The second-order valence-corrected chi connectivity index (χ2v) is 6.61. The summed E-state index contributed by atoms with van der Waals surface area (Å²) in [7, 11) is 2.03. The molecule has 2 aromatic rings. The van der Waals surface area contributed by atoms with Crippen LogP contribution in [-0.2, 0) is 6.42 Å². The van der Waals surface area contributed by atoms with Gasteiger partial charge in [-0.25, -0.2) is 0 Å². The van der Waals surface area contributed by atoms with Gasteiger partial charge in [0.1, 0.15) is 0 Å². The lowest BCUT2D eigenvalue weighted by Gasteiger charge is -2.18. The van der Waals surface area contributed by atoms with Crippen LogP contribution in [0.4, 0.5) is 0 Å². The molecule has 0 aliphatic rings. The highest BCUT2D eigenvalue weighted by Gasteiger charge is 2.13. The highest BCUT2D eigenvalue weighted by atomic mass is 127. The van der Waals surface area contributed by atoms with Crippen molar-refractivity contribution in [3.63, 3.8) is 0 Å². The number of hydrogen-bond donors (Lipinski definition) is 1. The van der Waals surface area contributed by atoms with Crippen LogP contribution in [-0.4, -0.2) is 7.05 Å². The van der Waals surface area contributed by atoms with Crippen molar-refractivity contribution in [3.05, 3.63) is 67.7 Å². The van der Waals surface area contributed by atoms with E-state index in [1.807, 2.05) is 7.05 Å². The smallest absolute Gasteiger partial charge is 0.0331 e. The van der Waals surface area contributed by atoms with Crippen LogP contribution < -0.4 is 5.32 Å². The van der Waals surface area contributed by atoms with Gasteiger partial charge in [-0.05, 0) is 71.8 Å². The Morgan fingerprint density at radius 3 is 2.58 bits per heavy atom. The first kappa shape index (κ1) is 15.0. The maximum atomic E-state index is 3.56. The van der Waals surface area contributed by atoms with Gasteiger partial charge in [0.05, 0.1) is 0 Å². The second-order valence-electron chi connectivity index (χ2n) is 4.53. The topological polar surface area (TPSA) is 12.0 Å². The van der Waals surface area contributed by atoms with Crippen LogP contribution in [0.1, 0.15) is 23.6 Å². The third-order valence-corrected chi connectivity index (χ3v) is 4.72. The molecule has 100 valence electrons. The Morgan fingerprint density at radius 2 is 1.89 bits per heavy atom. The molecule has 2 rings (SSSR count). The van der Waals surface area contributed by atoms with E-state index in [0.717, 1.165) is 17.3 Å². The fourth-order valence-electron chi connectivity index (χ4n) is 2.19. The van der Waals surface area contributed by atoms with E-state index in [4.69, 9.17) is 0 Å². The van der Waals surface area contributed by atoms with Gasteiger partial charge >= 0.3 is 0 Å². The summed E-state index contributed by atoms with van der Waals surface area (Å²) >= 11 is 5.97. The van der Waals surface area contributed by atoms with Crippen LogP contribution in [0.15, 0.2) is 53.0 Å². The van der Waals surface area contributed by atoms with E-state index in [-0.39, 0.29) is 0 Å². The first-order valence-corrected chi connectivity index (χ1v) is 8.24. The zero-order valence-electron chi connectivity index (χ0n) is 10.9. The van der Waals surface area contributed by atoms with E-state index in [1.165, 1.54) is 14.7 Å². The van der Waals surface area contributed by atoms with Gasteiger partial charge in [0.15, 0.2) is 0 Å². The molecule has 0 fully saturated rings. The third kappa shape index (κ3) is 4.29. The summed E-state index contributed by atoms with van der Waals surface area (Å²) in [5, 5.41) is 3.43. The number of halogens is 2. The minimum atomic E-state index is 0.393. The molecule has 0 aromatic heterocycles. The molecule has 0 aliphatic carbocycles. The van der Waals surface area contributed by atoms with Crippen molar-refractivity contribution < 1.29 is 0 Å². The van der Waals surface area contributed by atoms with E-state index < -0.39 is 0 Å². The van der Waals surface area contributed by atoms with Crippen molar-refractivity contribution >= 4 is 38.5 Å². The predicted octanol–water partition coefficient (Wildman–Crippen LogP) is 4.95. The summed E-state index contributed by atoms with van der Waals surface area (Å²) in [6.07, 6.45) is 2.20. The van der Waals surface area contributed by atoms with Crippen molar-refractivity contribution in [2.24, 2.45) is 0 Å². The zero-order chi connectivity index (χ0) is 13.7. The fraction of sp³-hybridized carbons (Fsp3) is 0.250. The predicted molar refractivity (Wildman–Crippen MR) is 93.4 cm³/mol. The molecule has 0 radical (unpaired) electrons. The van der Waals surface area contributed by atoms with Gasteiger partial charge in [-0.3, -0.25) is 0 Å². The summed E-state index contributed by atoms with van der Waals surface area (Å²) in [5.74, 6) is 0. The molecule has 19 heavy (non-hydrogen) atoms. The van der Waals surface area contributed by atoms with Gasteiger partial charge < -0.3 is 5.32 Å². The van der Waals surface area contributed by atoms with Gasteiger partial charge in [0.2, 0.25) is 0 Å². The molecule has 1 atom stereocenters. The quantitative estimate of drug-likeness (QED) is 0.663. The first-order chi connectivity index (χ1) is 9.20. The summed E-state index contributed by atoms with van der Waals surface area (Å²) in [5.41, 5.74) is 2.76. The van der Waals surface area contributed by atoms with Gasteiger partial charge in [0, 0.05) is 14.1 Å². The highest BCUT2D eigenvalue weighted by Crippen LogP contribution is 2.27. The molecule has 1 unspecified atom stereocenters. The van der Waals surface area contributed by atoms with Crippen molar-refractivity contribution in [1.29, 1.82) is 0 Å². The molecule has 0 heterocycles. The first-order valence-electron chi connectivity index (χ1n) is 6.37. The molecule has 0 aliphatic heterocycles. The van der Waals surface area contributed by atoms with Crippen LogP contribution in [0.2, 0.25) is 0 Å². The molecule has 0 amide bonds. The Balaban J connectivity index is 2.10. The number of aryl methyl sites for hydroxylation is 1. The van der Waals surface area contributed by atoms with Crippen LogP contribution in [0.5, 0.6) is 0 Å². The summed E-state index contributed by atoms with van der Waals surface area (Å²) in [6, 6.07) is 17.5. The van der Waals surface area contributed by atoms with E-state index in [9.17, 15) is 0 Å². The second kappa shape index (κ2) is 7.41. The average Bonchev–Trinajstić information content (AvgIpc) is 2.44. The maximum Gasteiger partial charge on any atom is 0.0331 e. The average molecular weight is 430 g/mol.